The summed E-state index contributed by atoms with van der Waals surface area (Å²) >= 11 is 6.03. The molecule has 26 heavy (non-hydrogen) atoms. The van der Waals surface area contributed by atoms with Crippen LogP contribution in [0.15, 0.2) is 29.3 Å². The first-order chi connectivity index (χ1) is 11.8. The molecule has 9 heteroatoms. The second kappa shape index (κ2) is 10.1. The van der Waals surface area contributed by atoms with E-state index in [-0.39, 0.29) is 24.0 Å². The lowest BCUT2D eigenvalue weighted by Gasteiger charge is -2.36. The number of rotatable bonds is 5. The zero-order valence-corrected chi connectivity index (χ0v) is 19.3. The molecule has 1 saturated heterocycles. The molecule has 0 spiro atoms. The van der Waals surface area contributed by atoms with Gasteiger partial charge in [0.25, 0.3) is 0 Å². The van der Waals surface area contributed by atoms with Gasteiger partial charge in [-0.3, -0.25) is 4.99 Å². The van der Waals surface area contributed by atoms with Crippen LogP contribution in [-0.2, 0) is 21.1 Å². The van der Waals surface area contributed by atoms with E-state index in [9.17, 15) is 8.42 Å². The highest BCUT2D eigenvalue weighted by atomic mass is 127. The molecule has 2 rings (SSSR count). The van der Waals surface area contributed by atoms with Crippen molar-refractivity contribution in [1.29, 1.82) is 0 Å². The first-order valence-electron chi connectivity index (χ1n) is 8.21. The van der Waals surface area contributed by atoms with Crippen LogP contribution in [0.4, 0.5) is 0 Å². The molecule has 6 nitrogen and oxygen atoms in total. The van der Waals surface area contributed by atoms with Gasteiger partial charge < -0.3 is 15.0 Å². The third-order valence-corrected chi connectivity index (χ3v) is 7.00. The highest BCUT2D eigenvalue weighted by Crippen LogP contribution is 2.28. The summed E-state index contributed by atoms with van der Waals surface area (Å²) in [6.45, 7) is 1.87. The van der Waals surface area contributed by atoms with Crippen LogP contribution >= 0.6 is 35.6 Å². The summed E-state index contributed by atoms with van der Waals surface area (Å²) in [6.07, 6.45) is 2.29. The van der Waals surface area contributed by atoms with Gasteiger partial charge in [-0.15, -0.1) is 24.0 Å². The van der Waals surface area contributed by atoms with Gasteiger partial charge in [-0.1, -0.05) is 23.7 Å². The van der Waals surface area contributed by atoms with E-state index in [0.29, 0.717) is 50.1 Å². The fourth-order valence-corrected chi connectivity index (χ4v) is 4.49. The normalized spacial score (nSPS) is 17.3. The van der Waals surface area contributed by atoms with Gasteiger partial charge in [0.15, 0.2) is 15.8 Å². The molecule has 1 fully saturated rings. The van der Waals surface area contributed by atoms with E-state index >= 15 is 0 Å². The predicted octanol–water partition coefficient (Wildman–Crippen LogP) is 2.56. The maximum atomic E-state index is 12.3. The average molecular weight is 516 g/mol. The summed E-state index contributed by atoms with van der Waals surface area (Å²) in [6, 6.07) is 7.63. The van der Waals surface area contributed by atoms with Crippen LogP contribution in [0.3, 0.4) is 0 Å². The Hall–Kier alpha value is -0.580. The smallest absolute Gasteiger partial charge is 0.193 e. The van der Waals surface area contributed by atoms with Gasteiger partial charge in [-0.25, -0.2) is 8.42 Å². The molecule has 0 atom stereocenters. The minimum atomic E-state index is -3.22. The molecule has 0 bridgehead atoms. The van der Waals surface area contributed by atoms with Crippen molar-refractivity contribution in [1.82, 2.24) is 10.2 Å². The fourth-order valence-electron chi connectivity index (χ4n) is 3.03. The lowest BCUT2D eigenvalue weighted by atomic mass is 9.99. The highest BCUT2D eigenvalue weighted by Gasteiger charge is 2.42. The Balaban J connectivity index is 0.00000338. The van der Waals surface area contributed by atoms with E-state index in [4.69, 9.17) is 16.3 Å². The summed E-state index contributed by atoms with van der Waals surface area (Å²) < 4.78 is 29.2. The van der Waals surface area contributed by atoms with Gasteiger partial charge in [0, 0.05) is 51.7 Å². The van der Waals surface area contributed by atoms with Crippen LogP contribution in [-0.4, -0.2) is 64.1 Å². The predicted molar refractivity (Wildman–Crippen MR) is 117 cm³/mol. The topological polar surface area (TPSA) is 71.0 Å². The Bertz CT molecular complexity index is 722. The number of benzene rings is 1. The number of halogens is 2. The van der Waals surface area contributed by atoms with E-state index in [1.54, 1.807) is 7.05 Å². The number of hydrogen-bond donors (Lipinski definition) is 1. The Morgan fingerprint density at radius 1 is 1.38 bits per heavy atom. The molecule has 0 amide bonds. The van der Waals surface area contributed by atoms with E-state index in [2.05, 4.69) is 10.3 Å². The lowest BCUT2D eigenvalue weighted by Crippen LogP contribution is -2.53. The third kappa shape index (κ3) is 5.97. The molecule has 1 aromatic rings. The van der Waals surface area contributed by atoms with Crippen molar-refractivity contribution in [2.24, 2.45) is 4.99 Å². The van der Waals surface area contributed by atoms with Crippen LogP contribution in [0.5, 0.6) is 0 Å². The van der Waals surface area contributed by atoms with Crippen molar-refractivity contribution in [3.63, 3.8) is 0 Å². The largest absolute Gasteiger partial charge is 0.381 e. The molecule has 148 valence electrons. The molecule has 1 aliphatic heterocycles. The van der Waals surface area contributed by atoms with Crippen LogP contribution in [0.25, 0.3) is 0 Å². The van der Waals surface area contributed by atoms with Crippen LogP contribution in [0.1, 0.15) is 18.4 Å². The fraction of sp³-hybridized carbons (Fsp3) is 0.588. The molecule has 1 aliphatic rings. The summed E-state index contributed by atoms with van der Waals surface area (Å²) in [4.78, 5) is 6.22. The van der Waals surface area contributed by atoms with Crippen molar-refractivity contribution < 1.29 is 13.2 Å². The maximum absolute atomic E-state index is 12.3. The molecule has 0 aliphatic carbocycles. The van der Waals surface area contributed by atoms with E-state index in [1.165, 1.54) is 6.26 Å². The highest BCUT2D eigenvalue weighted by molar-refractivity contribution is 14.0. The number of nitrogens with one attached hydrogen (secondary N) is 1. The minimum Gasteiger partial charge on any atom is -0.381 e. The molecule has 0 radical (unpaired) electrons. The minimum absolute atomic E-state index is 0. The molecule has 0 unspecified atom stereocenters. The Kier molecular flexibility index (Phi) is 9.11. The van der Waals surface area contributed by atoms with Crippen LogP contribution in [0, 0.1) is 0 Å². The molecule has 1 heterocycles. The first-order valence-corrected chi connectivity index (χ1v) is 10.5. The monoisotopic (exact) mass is 515 g/mol. The van der Waals surface area contributed by atoms with Gasteiger partial charge >= 0.3 is 0 Å². The number of aliphatic imine (C=N–C) groups is 1. The van der Waals surface area contributed by atoms with Crippen LogP contribution < -0.4 is 5.32 Å². The van der Waals surface area contributed by atoms with Crippen molar-refractivity contribution in [3.8, 4) is 0 Å². The second-order valence-corrected chi connectivity index (χ2v) is 9.30. The van der Waals surface area contributed by atoms with Crippen molar-refractivity contribution in [2.45, 2.75) is 24.1 Å². The third-order valence-electron chi connectivity index (χ3n) is 4.64. The quantitative estimate of drug-likeness (QED) is 0.371. The van der Waals surface area contributed by atoms with E-state index < -0.39 is 14.6 Å². The standard InChI is InChI=1S/C17H26ClN3O3S.HI/c1-19-16(21(2)12-14-5-4-6-15(18)11-14)20-13-17(25(3,22)23)7-9-24-10-8-17;/h4-6,11H,7-10,12-13H2,1-3H3,(H,19,20);1H. The molecule has 0 saturated carbocycles. The summed E-state index contributed by atoms with van der Waals surface area (Å²) in [5.41, 5.74) is 1.06. The Morgan fingerprint density at radius 3 is 2.58 bits per heavy atom. The summed E-state index contributed by atoms with van der Waals surface area (Å²) in [5.74, 6) is 0.648. The van der Waals surface area contributed by atoms with Crippen LogP contribution in [0.2, 0.25) is 5.02 Å². The number of nitrogens with zero attached hydrogens (tertiary/aromatic N) is 2. The zero-order valence-electron chi connectivity index (χ0n) is 15.4. The number of ether oxygens (including phenoxy) is 1. The summed E-state index contributed by atoms with van der Waals surface area (Å²) in [5, 5.41) is 3.92. The van der Waals surface area contributed by atoms with Gasteiger partial charge in [-0.05, 0) is 30.5 Å². The summed E-state index contributed by atoms with van der Waals surface area (Å²) in [7, 11) is 0.383. The Morgan fingerprint density at radius 2 is 2.04 bits per heavy atom. The maximum Gasteiger partial charge on any atom is 0.193 e. The molecule has 1 aromatic carbocycles. The lowest BCUT2D eigenvalue weighted by molar-refractivity contribution is 0.0755. The molecular weight excluding hydrogens is 489 g/mol. The first kappa shape index (κ1) is 23.5. The van der Waals surface area contributed by atoms with Crippen molar-refractivity contribution in [2.75, 3.05) is 40.1 Å². The van der Waals surface area contributed by atoms with Gasteiger partial charge in [0.1, 0.15) is 0 Å². The number of guanidine groups is 1. The molecular formula is C17H27ClIN3O3S. The van der Waals surface area contributed by atoms with Gasteiger partial charge in [-0.2, -0.15) is 0 Å². The number of hydrogen-bond acceptors (Lipinski definition) is 4. The molecule has 0 aromatic heterocycles. The van der Waals surface area contributed by atoms with Crippen molar-refractivity contribution >= 4 is 51.4 Å². The van der Waals surface area contributed by atoms with Gasteiger partial charge in [0.05, 0.1) is 4.75 Å². The van der Waals surface area contributed by atoms with E-state index in [0.717, 1.165) is 5.56 Å². The second-order valence-electron chi connectivity index (χ2n) is 6.45. The van der Waals surface area contributed by atoms with Crippen molar-refractivity contribution in [3.05, 3.63) is 34.9 Å². The average Bonchev–Trinajstić information content (AvgIpc) is 2.55. The zero-order chi connectivity index (χ0) is 18.5. The SMILES string of the molecule is CN=C(NCC1(S(C)(=O)=O)CCOCC1)N(C)Cc1cccc(Cl)c1.I. The number of sulfone groups is 1. The Labute approximate surface area is 178 Å². The van der Waals surface area contributed by atoms with Gasteiger partial charge in [0.2, 0.25) is 0 Å². The van der Waals surface area contributed by atoms with E-state index in [1.807, 2.05) is 36.2 Å². The molecule has 1 N–H and O–H groups in total.